The monoisotopic (exact) mass is 386 g/mol. The van der Waals surface area contributed by atoms with Gasteiger partial charge in [0.1, 0.15) is 5.54 Å². The van der Waals surface area contributed by atoms with Crippen molar-refractivity contribution in [3.8, 4) is 0 Å². The van der Waals surface area contributed by atoms with E-state index in [0.717, 1.165) is 0 Å². The quantitative estimate of drug-likeness (QED) is 0.682. The van der Waals surface area contributed by atoms with Crippen LogP contribution < -0.4 is 10.0 Å². The first-order chi connectivity index (χ1) is 11.7. The van der Waals surface area contributed by atoms with Gasteiger partial charge in [0, 0.05) is 11.6 Å². The lowest BCUT2D eigenvalue weighted by Crippen LogP contribution is -2.56. The molecule has 1 saturated heterocycles. The molecule has 1 heterocycles. The lowest BCUT2D eigenvalue weighted by molar-refractivity contribution is -0.144. The van der Waals surface area contributed by atoms with E-state index >= 15 is 0 Å². The van der Waals surface area contributed by atoms with E-state index in [1.165, 1.54) is 24.3 Å². The van der Waals surface area contributed by atoms with E-state index in [2.05, 4.69) is 10.0 Å². The van der Waals surface area contributed by atoms with E-state index in [1.54, 1.807) is 25.6 Å². The fourth-order valence-corrected chi connectivity index (χ4v) is 5.07. The van der Waals surface area contributed by atoms with Crippen molar-refractivity contribution < 1.29 is 23.1 Å². The number of carboxylic acid groups (broad SMARTS) is 1. The number of nitrogens with one attached hydrogen (secondary N) is 2. The third-order valence-corrected chi connectivity index (χ3v) is 6.55. The lowest BCUT2D eigenvalue weighted by Gasteiger charge is -2.33. The topological polar surface area (TPSA) is 113 Å². The van der Waals surface area contributed by atoms with Gasteiger partial charge in [-0.15, -0.1) is 0 Å². The van der Waals surface area contributed by atoms with Crippen LogP contribution in [-0.2, 0) is 14.8 Å². The zero-order valence-corrected chi connectivity index (χ0v) is 15.7. The molecule has 1 aromatic rings. The summed E-state index contributed by atoms with van der Waals surface area (Å²) in [6, 6.07) is 5.31. The molecule has 0 saturated carbocycles. The summed E-state index contributed by atoms with van der Waals surface area (Å²) in [4.78, 5) is 24.2. The van der Waals surface area contributed by atoms with E-state index in [9.17, 15) is 23.1 Å². The van der Waals surface area contributed by atoms with Crippen molar-refractivity contribution in [3.05, 3.63) is 29.8 Å². The maximum Gasteiger partial charge on any atom is 0.329 e. The van der Waals surface area contributed by atoms with Crippen LogP contribution in [0.15, 0.2) is 29.2 Å². The van der Waals surface area contributed by atoms with Crippen LogP contribution in [0.3, 0.4) is 0 Å². The molecule has 0 atom stereocenters. The predicted molar refractivity (Wildman–Crippen MR) is 96.3 cm³/mol. The standard InChI is InChI=1S/C16H22N2O5S2/c1-11(2)18-25(22,23)13-5-3-4-12(10-13)14(19)17-16(15(20)21)6-8-24-9-7-16/h3-5,10-11,18H,6-9H2,1-2H3,(H,17,19)(H,20,21). The molecule has 1 aliphatic rings. The summed E-state index contributed by atoms with van der Waals surface area (Å²) in [6.45, 7) is 3.40. The zero-order valence-electron chi connectivity index (χ0n) is 14.1. The van der Waals surface area contributed by atoms with Crippen molar-refractivity contribution in [1.82, 2.24) is 10.0 Å². The van der Waals surface area contributed by atoms with Gasteiger partial charge in [0.05, 0.1) is 4.90 Å². The first-order valence-corrected chi connectivity index (χ1v) is 10.6. The molecule has 0 aliphatic carbocycles. The van der Waals surface area contributed by atoms with E-state index in [-0.39, 0.29) is 16.5 Å². The highest BCUT2D eigenvalue weighted by Gasteiger charge is 2.41. The number of carbonyl (C=O) groups is 2. The summed E-state index contributed by atoms with van der Waals surface area (Å²) >= 11 is 1.65. The van der Waals surface area contributed by atoms with Crippen molar-refractivity contribution in [2.45, 2.75) is 43.2 Å². The number of hydrogen-bond acceptors (Lipinski definition) is 5. The molecule has 0 spiro atoms. The van der Waals surface area contributed by atoms with Gasteiger partial charge in [0.25, 0.3) is 5.91 Å². The van der Waals surface area contributed by atoms with Gasteiger partial charge in [-0.1, -0.05) is 6.07 Å². The Kier molecular flexibility index (Phi) is 6.12. The molecule has 1 fully saturated rings. The SMILES string of the molecule is CC(C)NS(=O)(=O)c1cccc(C(=O)NC2(C(=O)O)CCSCC2)c1. The van der Waals surface area contributed by atoms with Gasteiger partial charge in [-0.05, 0) is 56.4 Å². The summed E-state index contributed by atoms with van der Waals surface area (Å²) in [5.41, 5.74) is -1.18. The van der Waals surface area contributed by atoms with Gasteiger partial charge in [-0.3, -0.25) is 4.79 Å². The van der Waals surface area contributed by atoms with E-state index in [1.807, 2.05) is 0 Å². The Labute approximate surface area is 151 Å². The van der Waals surface area contributed by atoms with Gasteiger partial charge in [-0.25, -0.2) is 17.9 Å². The molecule has 2 rings (SSSR count). The molecular weight excluding hydrogens is 364 g/mol. The van der Waals surface area contributed by atoms with Gasteiger partial charge in [-0.2, -0.15) is 11.8 Å². The normalized spacial score (nSPS) is 17.2. The molecule has 25 heavy (non-hydrogen) atoms. The maximum absolute atomic E-state index is 12.5. The second kappa shape index (κ2) is 7.76. The Bertz CT molecular complexity index is 756. The maximum atomic E-state index is 12.5. The smallest absolute Gasteiger partial charge is 0.329 e. The molecule has 0 unspecified atom stereocenters. The summed E-state index contributed by atoms with van der Waals surface area (Å²) in [7, 11) is -3.73. The molecule has 1 aromatic carbocycles. The first-order valence-electron chi connectivity index (χ1n) is 7.92. The fraction of sp³-hybridized carbons (Fsp3) is 0.500. The highest BCUT2D eigenvalue weighted by Crippen LogP contribution is 2.28. The van der Waals surface area contributed by atoms with E-state index < -0.39 is 27.4 Å². The van der Waals surface area contributed by atoms with E-state index in [0.29, 0.717) is 24.3 Å². The number of carbonyl (C=O) groups excluding carboxylic acids is 1. The number of amides is 1. The average Bonchev–Trinajstić information content (AvgIpc) is 2.54. The number of rotatable bonds is 6. The van der Waals surface area contributed by atoms with Crippen molar-refractivity contribution in [3.63, 3.8) is 0 Å². The minimum absolute atomic E-state index is 0.0302. The molecule has 0 radical (unpaired) electrons. The second-order valence-corrected chi connectivity index (χ2v) is 9.20. The van der Waals surface area contributed by atoms with Crippen molar-refractivity contribution >= 4 is 33.7 Å². The van der Waals surface area contributed by atoms with Gasteiger partial charge >= 0.3 is 5.97 Å². The Morgan fingerprint density at radius 3 is 2.44 bits per heavy atom. The third-order valence-electron chi connectivity index (χ3n) is 3.91. The molecule has 1 aliphatic heterocycles. The summed E-state index contributed by atoms with van der Waals surface area (Å²) in [5.74, 6) is -0.346. The van der Waals surface area contributed by atoms with Gasteiger partial charge < -0.3 is 10.4 Å². The summed E-state index contributed by atoms with van der Waals surface area (Å²) in [6.07, 6.45) is 0.678. The van der Waals surface area contributed by atoms with E-state index in [4.69, 9.17) is 0 Å². The Balaban J connectivity index is 2.25. The number of aliphatic carboxylic acids is 1. The van der Waals surface area contributed by atoms with Crippen LogP contribution in [0.2, 0.25) is 0 Å². The molecule has 9 heteroatoms. The highest BCUT2D eigenvalue weighted by molar-refractivity contribution is 7.99. The largest absolute Gasteiger partial charge is 0.480 e. The second-order valence-electron chi connectivity index (χ2n) is 6.26. The number of carboxylic acids is 1. The van der Waals surface area contributed by atoms with Crippen molar-refractivity contribution in [2.24, 2.45) is 0 Å². The van der Waals surface area contributed by atoms with Crippen molar-refractivity contribution in [2.75, 3.05) is 11.5 Å². The average molecular weight is 386 g/mol. The van der Waals surface area contributed by atoms with Crippen molar-refractivity contribution in [1.29, 1.82) is 0 Å². The Morgan fingerprint density at radius 2 is 1.88 bits per heavy atom. The van der Waals surface area contributed by atoms with Crippen LogP contribution in [0, 0.1) is 0 Å². The minimum Gasteiger partial charge on any atom is -0.480 e. The Morgan fingerprint density at radius 1 is 1.24 bits per heavy atom. The molecule has 3 N–H and O–H groups in total. The van der Waals surface area contributed by atoms with Crippen LogP contribution in [0.25, 0.3) is 0 Å². The number of hydrogen-bond donors (Lipinski definition) is 3. The van der Waals surface area contributed by atoms with Crippen LogP contribution in [0.5, 0.6) is 0 Å². The fourth-order valence-electron chi connectivity index (χ4n) is 2.58. The molecule has 1 amide bonds. The number of benzene rings is 1. The Hall–Kier alpha value is -1.58. The number of thioether (sulfide) groups is 1. The van der Waals surface area contributed by atoms with Crippen LogP contribution in [0.1, 0.15) is 37.0 Å². The van der Waals surface area contributed by atoms with Crippen LogP contribution in [0.4, 0.5) is 0 Å². The summed E-state index contributed by atoms with van der Waals surface area (Å²) < 4.78 is 26.9. The number of sulfonamides is 1. The highest BCUT2D eigenvalue weighted by atomic mass is 32.2. The van der Waals surface area contributed by atoms with Crippen LogP contribution in [-0.4, -0.2) is 48.5 Å². The summed E-state index contributed by atoms with van der Waals surface area (Å²) in [5, 5.41) is 12.1. The van der Waals surface area contributed by atoms with Gasteiger partial charge in [0.2, 0.25) is 10.0 Å². The zero-order chi connectivity index (χ0) is 18.7. The lowest BCUT2D eigenvalue weighted by atomic mass is 9.92. The predicted octanol–water partition coefficient (Wildman–Crippen LogP) is 1.45. The molecule has 0 bridgehead atoms. The minimum atomic E-state index is -3.73. The van der Waals surface area contributed by atoms with Crippen LogP contribution >= 0.6 is 11.8 Å². The molecular formula is C16H22N2O5S2. The molecule has 0 aromatic heterocycles. The molecule has 138 valence electrons. The first kappa shape index (κ1) is 19.7. The molecule has 7 nitrogen and oxygen atoms in total. The third kappa shape index (κ3) is 4.74. The van der Waals surface area contributed by atoms with Gasteiger partial charge in [0.15, 0.2) is 0 Å².